The van der Waals surface area contributed by atoms with Gasteiger partial charge in [0.15, 0.2) is 0 Å². The number of carbonyl (C=O) groups excluding carboxylic acids is 1. The molecule has 1 N–H and O–H groups in total. The van der Waals surface area contributed by atoms with Crippen molar-refractivity contribution < 1.29 is 9.53 Å². The highest BCUT2D eigenvalue weighted by Gasteiger charge is 2.30. The quantitative estimate of drug-likeness (QED) is 0.513. The smallest absolute Gasteiger partial charge is 0.339 e. The van der Waals surface area contributed by atoms with Crippen molar-refractivity contribution in [3.63, 3.8) is 0 Å². The Bertz CT molecular complexity index is 608. The minimum Gasteiger partial charge on any atom is -0.465 e. The van der Waals surface area contributed by atoms with Crippen molar-refractivity contribution in [2.75, 3.05) is 19.0 Å². The van der Waals surface area contributed by atoms with Gasteiger partial charge in [-0.15, -0.1) is 0 Å². The number of hydrogen-bond donors (Lipinski definition) is 1. The van der Waals surface area contributed by atoms with Gasteiger partial charge in [-0.2, -0.15) is 0 Å². The van der Waals surface area contributed by atoms with Crippen molar-refractivity contribution in [2.45, 2.75) is 59.3 Å². The summed E-state index contributed by atoms with van der Waals surface area (Å²) in [5.74, 6) is 1.95. The monoisotopic (exact) mass is 357 g/mol. The van der Waals surface area contributed by atoms with E-state index in [-0.39, 0.29) is 5.97 Å². The summed E-state index contributed by atoms with van der Waals surface area (Å²) in [6, 6.07) is 7.61. The molecule has 1 aromatic rings. The number of rotatable bonds is 5. The molecule has 3 unspecified atom stereocenters. The largest absolute Gasteiger partial charge is 0.465 e. The Morgan fingerprint density at radius 2 is 2.04 bits per heavy atom. The van der Waals surface area contributed by atoms with Gasteiger partial charge in [0.1, 0.15) is 0 Å². The SMILES string of the molecule is CC.COC(=O)c1ccccc1NCC(C)C1CCC2=CCCCC2C1. The van der Waals surface area contributed by atoms with Gasteiger partial charge in [-0.3, -0.25) is 0 Å². The van der Waals surface area contributed by atoms with Crippen LogP contribution >= 0.6 is 0 Å². The average Bonchev–Trinajstić information content (AvgIpc) is 2.72. The Labute approximate surface area is 159 Å². The molecule has 3 heteroatoms. The fourth-order valence-corrected chi connectivity index (χ4v) is 4.29. The van der Waals surface area contributed by atoms with Crippen LogP contribution in [-0.2, 0) is 4.74 Å². The Morgan fingerprint density at radius 1 is 1.27 bits per heavy atom. The number of benzene rings is 1. The molecule has 0 aromatic heterocycles. The van der Waals surface area contributed by atoms with Gasteiger partial charge in [0.2, 0.25) is 0 Å². The molecular weight excluding hydrogens is 322 g/mol. The molecule has 1 fully saturated rings. The summed E-state index contributed by atoms with van der Waals surface area (Å²) in [6.07, 6.45) is 10.5. The maximum absolute atomic E-state index is 11.9. The van der Waals surface area contributed by atoms with Crippen LogP contribution in [-0.4, -0.2) is 19.6 Å². The van der Waals surface area contributed by atoms with Crippen LogP contribution in [0.5, 0.6) is 0 Å². The second-order valence-electron chi connectivity index (χ2n) is 7.34. The number of hydrogen-bond acceptors (Lipinski definition) is 3. The molecule has 3 nitrogen and oxygen atoms in total. The molecule has 1 saturated carbocycles. The average molecular weight is 358 g/mol. The molecule has 0 radical (unpaired) electrons. The van der Waals surface area contributed by atoms with Gasteiger partial charge >= 0.3 is 5.97 Å². The van der Waals surface area contributed by atoms with Crippen LogP contribution < -0.4 is 5.32 Å². The normalized spacial score (nSPS) is 22.8. The van der Waals surface area contributed by atoms with E-state index < -0.39 is 0 Å². The first-order valence-electron chi connectivity index (χ1n) is 10.3. The fraction of sp³-hybridized carbons (Fsp3) is 0.609. The third-order valence-corrected chi connectivity index (χ3v) is 5.83. The van der Waals surface area contributed by atoms with Crippen LogP contribution in [0.25, 0.3) is 0 Å². The molecule has 0 amide bonds. The van der Waals surface area contributed by atoms with Gasteiger partial charge in [-0.05, 0) is 68.4 Å². The number of esters is 1. The van der Waals surface area contributed by atoms with Crippen molar-refractivity contribution in [1.82, 2.24) is 0 Å². The van der Waals surface area contributed by atoms with Crippen molar-refractivity contribution >= 4 is 11.7 Å². The van der Waals surface area contributed by atoms with E-state index in [1.54, 1.807) is 5.57 Å². The number of fused-ring (bicyclic) bond motifs is 1. The first kappa shape index (κ1) is 20.5. The van der Waals surface area contributed by atoms with Crippen LogP contribution in [0, 0.1) is 17.8 Å². The van der Waals surface area contributed by atoms with Crippen LogP contribution in [0.3, 0.4) is 0 Å². The van der Waals surface area contributed by atoms with Gasteiger partial charge in [-0.25, -0.2) is 4.79 Å². The van der Waals surface area contributed by atoms with E-state index in [1.165, 1.54) is 45.6 Å². The summed E-state index contributed by atoms with van der Waals surface area (Å²) in [5.41, 5.74) is 3.23. The minimum atomic E-state index is -0.277. The van der Waals surface area contributed by atoms with Crippen LogP contribution in [0.2, 0.25) is 0 Å². The molecule has 0 aliphatic heterocycles. The molecule has 0 heterocycles. The van der Waals surface area contributed by atoms with Crippen LogP contribution in [0.15, 0.2) is 35.9 Å². The number of ether oxygens (including phenoxy) is 1. The predicted molar refractivity (Wildman–Crippen MR) is 110 cm³/mol. The molecule has 2 aliphatic carbocycles. The summed E-state index contributed by atoms with van der Waals surface area (Å²) in [7, 11) is 1.43. The molecule has 2 aliphatic rings. The molecule has 144 valence electrons. The van der Waals surface area contributed by atoms with E-state index in [9.17, 15) is 4.79 Å². The Hall–Kier alpha value is -1.77. The Kier molecular flexibility index (Phi) is 8.21. The first-order chi connectivity index (χ1) is 12.7. The summed E-state index contributed by atoms with van der Waals surface area (Å²) in [4.78, 5) is 11.9. The second kappa shape index (κ2) is 10.4. The molecule has 0 saturated heterocycles. The number of nitrogens with one attached hydrogen (secondary N) is 1. The van der Waals surface area contributed by atoms with Gasteiger partial charge < -0.3 is 10.1 Å². The van der Waals surface area contributed by atoms with E-state index in [1.807, 2.05) is 38.1 Å². The second-order valence-corrected chi connectivity index (χ2v) is 7.34. The summed E-state index contributed by atoms with van der Waals surface area (Å²) < 4.78 is 4.87. The summed E-state index contributed by atoms with van der Waals surface area (Å²) in [6.45, 7) is 7.25. The summed E-state index contributed by atoms with van der Waals surface area (Å²) >= 11 is 0. The topological polar surface area (TPSA) is 38.3 Å². The zero-order valence-corrected chi connectivity index (χ0v) is 16.9. The lowest BCUT2D eigenvalue weighted by Gasteiger charge is -2.37. The lowest BCUT2D eigenvalue weighted by molar-refractivity contribution is 0.0602. The molecule has 3 atom stereocenters. The van der Waals surface area contributed by atoms with E-state index in [4.69, 9.17) is 4.74 Å². The Balaban J connectivity index is 0.00000117. The number of allylic oxidation sites excluding steroid dienone is 2. The molecule has 1 aromatic carbocycles. The van der Waals surface area contributed by atoms with E-state index in [0.29, 0.717) is 11.5 Å². The van der Waals surface area contributed by atoms with Crippen molar-refractivity contribution in [1.29, 1.82) is 0 Å². The van der Waals surface area contributed by atoms with Crippen molar-refractivity contribution in [3.05, 3.63) is 41.5 Å². The molecular formula is C23H35NO2. The van der Waals surface area contributed by atoms with Crippen LogP contribution in [0.1, 0.15) is 69.7 Å². The number of anilines is 1. The zero-order valence-electron chi connectivity index (χ0n) is 16.9. The standard InChI is InChI=1S/C21H29NO2.C2H6/c1-15(17-12-11-16-7-3-4-8-18(16)13-17)14-22-20-10-6-5-9-19(20)21(23)24-2;1-2/h5-7,9-10,15,17-18,22H,3-4,8,11-14H2,1-2H3;1-2H3. The van der Waals surface area contributed by atoms with E-state index in [0.717, 1.165) is 24.1 Å². The lowest BCUT2D eigenvalue weighted by Crippen LogP contribution is -2.28. The fourth-order valence-electron chi connectivity index (χ4n) is 4.29. The predicted octanol–water partition coefficient (Wildman–Crippen LogP) is 6.07. The zero-order chi connectivity index (χ0) is 18.9. The minimum absolute atomic E-state index is 0.277. The Morgan fingerprint density at radius 3 is 2.81 bits per heavy atom. The van der Waals surface area contributed by atoms with Gasteiger partial charge in [0.25, 0.3) is 0 Å². The summed E-state index contributed by atoms with van der Waals surface area (Å²) in [5, 5.41) is 3.48. The highest BCUT2D eigenvalue weighted by atomic mass is 16.5. The maximum atomic E-state index is 11.9. The molecule has 3 rings (SSSR count). The third-order valence-electron chi connectivity index (χ3n) is 5.83. The maximum Gasteiger partial charge on any atom is 0.339 e. The lowest BCUT2D eigenvalue weighted by atomic mass is 9.70. The highest BCUT2D eigenvalue weighted by molar-refractivity contribution is 5.95. The van der Waals surface area contributed by atoms with Crippen molar-refractivity contribution in [3.8, 4) is 0 Å². The molecule has 26 heavy (non-hydrogen) atoms. The number of carbonyl (C=O) groups is 1. The molecule has 0 spiro atoms. The number of para-hydroxylation sites is 1. The van der Waals surface area contributed by atoms with E-state index >= 15 is 0 Å². The highest BCUT2D eigenvalue weighted by Crippen LogP contribution is 2.41. The number of methoxy groups -OCH3 is 1. The van der Waals surface area contributed by atoms with Crippen molar-refractivity contribution in [2.24, 2.45) is 17.8 Å². The first-order valence-corrected chi connectivity index (χ1v) is 10.3. The van der Waals surface area contributed by atoms with E-state index in [2.05, 4.69) is 18.3 Å². The van der Waals surface area contributed by atoms with Gasteiger partial charge in [0.05, 0.1) is 12.7 Å². The van der Waals surface area contributed by atoms with Gasteiger partial charge in [0, 0.05) is 12.2 Å². The molecule has 0 bridgehead atoms. The van der Waals surface area contributed by atoms with Gasteiger partial charge in [-0.1, -0.05) is 44.6 Å². The third kappa shape index (κ3) is 5.12. The van der Waals surface area contributed by atoms with Crippen LogP contribution in [0.4, 0.5) is 5.69 Å².